The van der Waals surface area contributed by atoms with Gasteiger partial charge in [0, 0.05) is 0 Å². The number of anilines is 1. The second kappa shape index (κ2) is 7.24. The summed E-state index contributed by atoms with van der Waals surface area (Å²) in [5.74, 6) is -0.0966. The third kappa shape index (κ3) is 3.32. The first-order chi connectivity index (χ1) is 12.7. The van der Waals surface area contributed by atoms with Gasteiger partial charge in [0.05, 0.1) is 34.1 Å². The van der Waals surface area contributed by atoms with Gasteiger partial charge in [0.1, 0.15) is 11.1 Å². The van der Waals surface area contributed by atoms with Gasteiger partial charge >= 0.3 is 0 Å². The second-order valence-electron chi connectivity index (χ2n) is 6.35. The lowest BCUT2D eigenvalue weighted by atomic mass is 10.2. The topological polar surface area (TPSA) is 69.0 Å². The fraction of sp³-hybridized carbons (Fsp3) is 0.250. The number of carbonyl (C=O) groups excluding carboxylic acids is 1. The van der Waals surface area contributed by atoms with Crippen molar-refractivity contribution in [2.24, 2.45) is 0 Å². The molecule has 0 aliphatic carbocycles. The number of rotatable bonds is 4. The molecule has 5 nitrogen and oxygen atoms in total. The van der Waals surface area contributed by atoms with Gasteiger partial charge in [-0.2, -0.15) is 5.26 Å². The molecule has 1 aromatic heterocycles. The van der Waals surface area contributed by atoms with Gasteiger partial charge in [-0.15, -0.1) is 11.3 Å². The van der Waals surface area contributed by atoms with E-state index in [9.17, 15) is 4.79 Å². The molecule has 0 unspecified atom stereocenters. The zero-order valence-electron chi connectivity index (χ0n) is 14.2. The first kappa shape index (κ1) is 16.7. The van der Waals surface area contributed by atoms with Crippen LogP contribution in [0.25, 0.3) is 10.2 Å². The molecular weight excluding hydrogens is 344 g/mol. The number of amides is 1. The summed E-state index contributed by atoms with van der Waals surface area (Å²) in [5, 5.41) is 13.1. The van der Waals surface area contributed by atoms with Crippen LogP contribution in [-0.4, -0.2) is 28.9 Å². The molecule has 6 heteroatoms. The van der Waals surface area contributed by atoms with Crippen molar-refractivity contribution in [3.05, 3.63) is 59.1 Å². The summed E-state index contributed by atoms with van der Waals surface area (Å²) in [7, 11) is 0. The number of thiazole rings is 1. The van der Waals surface area contributed by atoms with Crippen molar-refractivity contribution < 1.29 is 4.79 Å². The lowest BCUT2D eigenvalue weighted by molar-refractivity contribution is -0.117. The number of benzene rings is 2. The van der Waals surface area contributed by atoms with Gasteiger partial charge in [-0.25, -0.2) is 4.98 Å². The Kier molecular flexibility index (Phi) is 4.65. The van der Waals surface area contributed by atoms with Crippen molar-refractivity contribution >= 4 is 33.1 Å². The summed E-state index contributed by atoms with van der Waals surface area (Å²) in [6.45, 7) is 1.19. The van der Waals surface area contributed by atoms with Crippen molar-refractivity contribution in [3.8, 4) is 6.07 Å². The van der Waals surface area contributed by atoms with Crippen LogP contribution in [0.15, 0.2) is 48.5 Å². The van der Waals surface area contributed by atoms with E-state index >= 15 is 0 Å². The highest BCUT2D eigenvalue weighted by molar-refractivity contribution is 7.18. The molecule has 1 saturated heterocycles. The molecule has 0 saturated carbocycles. The maximum absolute atomic E-state index is 12.5. The number of likely N-dealkylation sites (tertiary alicyclic amines) is 1. The molecule has 2 aromatic carbocycles. The van der Waals surface area contributed by atoms with Gasteiger partial charge in [-0.05, 0) is 43.7 Å². The Morgan fingerprint density at radius 1 is 1.27 bits per heavy atom. The van der Waals surface area contributed by atoms with Crippen LogP contribution in [0.5, 0.6) is 0 Å². The van der Waals surface area contributed by atoms with Gasteiger partial charge in [0.25, 0.3) is 0 Å². The van der Waals surface area contributed by atoms with Crippen LogP contribution in [0.3, 0.4) is 0 Å². The third-order valence-corrected chi connectivity index (χ3v) is 5.77. The Bertz CT molecular complexity index is 958. The van der Waals surface area contributed by atoms with E-state index in [0.717, 1.165) is 29.9 Å². The Balaban J connectivity index is 1.48. The maximum atomic E-state index is 12.5. The molecule has 1 atom stereocenters. The zero-order chi connectivity index (χ0) is 17.9. The molecule has 1 amide bonds. The molecule has 0 radical (unpaired) electrons. The number of hydrogen-bond donors (Lipinski definition) is 1. The fourth-order valence-corrected chi connectivity index (χ4v) is 4.53. The molecule has 1 N–H and O–H groups in total. The van der Waals surface area contributed by atoms with Crippen LogP contribution in [0.4, 0.5) is 5.69 Å². The van der Waals surface area contributed by atoms with Gasteiger partial charge < -0.3 is 5.32 Å². The van der Waals surface area contributed by atoms with E-state index in [-0.39, 0.29) is 11.9 Å². The molecule has 2 heterocycles. The molecular formula is C20H18N4OS. The van der Waals surface area contributed by atoms with E-state index in [1.165, 1.54) is 4.70 Å². The van der Waals surface area contributed by atoms with Crippen LogP contribution in [0, 0.1) is 11.3 Å². The monoisotopic (exact) mass is 362 g/mol. The average molecular weight is 362 g/mol. The number of aromatic nitrogens is 1. The summed E-state index contributed by atoms with van der Waals surface area (Å²) in [5.41, 5.74) is 2.06. The Labute approximate surface area is 155 Å². The molecule has 3 aromatic rings. The lowest BCUT2D eigenvalue weighted by Crippen LogP contribution is -2.33. The molecule has 4 rings (SSSR count). The first-order valence-corrected chi connectivity index (χ1v) is 9.45. The van der Waals surface area contributed by atoms with Crippen molar-refractivity contribution in [1.82, 2.24) is 9.88 Å². The average Bonchev–Trinajstić information content (AvgIpc) is 3.28. The maximum Gasteiger partial charge on any atom is 0.238 e. The van der Waals surface area contributed by atoms with E-state index in [2.05, 4.69) is 22.4 Å². The molecule has 1 aliphatic rings. The van der Waals surface area contributed by atoms with Gasteiger partial charge in [0.2, 0.25) is 5.91 Å². The Hall–Kier alpha value is -2.75. The predicted octanol–water partition coefficient (Wildman–Crippen LogP) is 3.94. The minimum atomic E-state index is -0.0966. The van der Waals surface area contributed by atoms with Gasteiger partial charge in [-0.1, -0.05) is 24.3 Å². The number of nitrogens with zero attached hydrogens (tertiary/aromatic N) is 3. The summed E-state index contributed by atoms with van der Waals surface area (Å²) in [4.78, 5) is 19.5. The second-order valence-corrected chi connectivity index (χ2v) is 7.42. The summed E-state index contributed by atoms with van der Waals surface area (Å²) >= 11 is 1.71. The standard InChI is InChI=1S/C20H18N4OS/c21-12-14-6-1-2-7-15(14)22-19(25)13-24-11-5-9-17(24)20-23-16-8-3-4-10-18(16)26-20/h1-4,6-8,10,17H,5,9,11,13H2,(H,22,25)/t17-/m1/s1. The highest BCUT2D eigenvalue weighted by Gasteiger charge is 2.30. The first-order valence-electron chi connectivity index (χ1n) is 8.63. The zero-order valence-corrected chi connectivity index (χ0v) is 15.0. The highest BCUT2D eigenvalue weighted by atomic mass is 32.1. The van der Waals surface area contributed by atoms with Gasteiger partial charge in [-0.3, -0.25) is 9.69 Å². The van der Waals surface area contributed by atoms with Crippen molar-refractivity contribution in [3.63, 3.8) is 0 Å². The number of nitrogens with one attached hydrogen (secondary N) is 1. The van der Waals surface area contributed by atoms with E-state index in [1.54, 1.807) is 29.5 Å². The van der Waals surface area contributed by atoms with E-state index < -0.39 is 0 Å². The van der Waals surface area contributed by atoms with Crippen LogP contribution in [0.1, 0.15) is 29.5 Å². The minimum absolute atomic E-state index is 0.0966. The molecule has 130 valence electrons. The van der Waals surface area contributed by atoms with Crippen LogP contribution in [0.2, 0.25) is 0 Å². The molecule has 0 spiro atoms. The van der Waals surface area contributed by atoms with Crippen LogP contribution >= 0.6 is 11.3 Å². The Morgan fingerprint density at radius 2 is 2.08 bits per heavy atom. The number of carbonyl (C=O) groups is 1. The number of para-hydroxylation sites is 2. The van der Waals surface area contributed by atoms with E-state index in [4.69, 9.17) is 10.2 Å². The van der Waals surface area contributed by atoms with E-state index in [0.29, 0.717) is 17.8 Å². The summed E-state index contributed by atoms with van der Waals surface area (Å²) in [6, 6.07) is 17.5. The number of fused-ring (bicyclic) bond motifs is 1. The van der Waals surface area contributed by atoms with Crippen molar-refractivity contribution in [1.29, 1.82) is 5.26 Å². The van der Waals surface area contributed by atoms with Crippen LogP contribution in [-0.2, 0) is 4.79 Å². The fourth-order valence-electron chi connectivity index (χ4n) is 3.39. The number of nitriles is 1. The van der Waals surface area contributed by atoms with Crippen molar-refractivity contribution in [2.45, 2.75) is 18.9 Å². The Morgan fingerprint density at radius 3 is 2.92 bits per heavy atom. The summed E-state index contributed by atoms with van der Waals surface area (Å²) < 4.78 is 1.18. The smallest absolute Gasteiger partial charge is 0.238 e. The quantitative estimate of drug-likeness (QED) is 0.763. The molecule has 26 heavy (non-hydrogen) atoms. The highest BCUT2D eigenvalue weighted by Crippen LogP contribution is 2.36. The van der Waals surface area contributed by atoms with Crippen molar-refractivity contribution in [2.75, 3.05) is 18.4 Å². The summed E-state index contributed by atoms with van der Waals surface area (Å²) in [6.07, 6.45) is 2.07. The minimum Gasteiger partial charge on any atom is -0.324 e. The van der Waals surface area contributed by atoms with Crippen LogP contribution < -0.4 is 5.32 Å². The number of hydrogen-bond acceptors (Lipinski definition) is 5. The predicted molar refractivity (Wildman–Crippen MR) is 103 cm³/mol. The SMILES string of the molecule is N#Cc1ccccc1NC(=O)CN1CCC[C@@H]1c1nc2ccccc2s1. The largest absolute Gasteiger partial charge is 0.324 e. The molecule has 1 aliphatic heterocycles. The lowest BCUT2D eigenvalue weighted by Gasteiger charge is -2.22. The third-order valence-electron chi connectivity index (χ3n) is 4.63. The molecule has 0 bridgehead atoms. The normalized spacial score (nSPS) is 17.3. The molecule has 1 fully saturated rings. The van der Waals surface area contributed by atoms with E-state index in [1.807, 2.05) is 24.3 Å². The van der Waals surface area contributed by atoms with Gasteiger partial charge in [0.15, 0.2) is 0 Å².